The topological polar surface area (TPSA) is 77.8 Å². The molecule has 3 rings (SSSR count). The van der Waals surface area contributed by atoms with Gasteiger partial charge in [-0.1, -0.05) is 45.0 Å². The van der Waals surface area contributed by atoms with E-state index in [4.69, 9.17) is 5.26 Å². The summed E-state index contributed by atoms with van der Waals surface area (Å²) >= 11 is 0. The van der Waals surface area contributed by atoms with Gasteiger partial charge >= 0.3 is 0 Å². The molecule has 0 atom stereocenters. The smallest absolute Gasteiger partial charge is 0.257 e. The van der Waals surface area contributed by atoms with E-state index in [-0.39, 0.29) is 11.3 Å². The number of nitrogens with one attached hydrogen (secondary N) is 2. The average Bonchev–Trinajstić information content (AvgIpc) is 2.68. The summed E-state index contributed by atoms with van der Waals surface area (Å²) in [6, 6.07) is 18.8. The highest BCUT2D eigenvalue weighted by atomic mass is 16.1. The molecule has 5 heteroatoms. The lowest BCUT2D eigenvalue weighted by atomic mass is 9.86. The summed E-state index contributed by atoms with van der Waals surface area (Å²) in [4.78, 5) is 16.9. The zero-order valence-electron chi connectivity index (χ0n) is 16.2. The maximum absolute atomic E-state index is 12.8. The third-order valence-electron chi connectivity index (χ3n) is 4.26. The molecule has 1 heterocycles. The largest absolute Gasteiger partial charge is 0.354 e. The van der Waals surface area contributed by atoms with Crippen molar-refractivity contribution in [2.24, 2.45) is 0 Å². The van der Waals surface area contributed by atoms with Crippen molar-refractivity contribution in [2.75, 3.05) is 10.6 Å². The van der Waals surface area contributed by atoms with E-state index in [1.165, 1.54) is 6.20 Å². The minimum Gasteiger partial charge on any atom is -0.354 e. The number of carbonyl (C=O) groups excluding carboxylic acids is 1. The van der Waals surface area contributed by atoms with Gasteiger partial charge in [-0.2, -0.15) is 5.26 Å². The number of amides is 1. The first kappa shape index (κ1) is 19.1. The second-order valence-electron chi connectivity index (χ2n) is 7.53. The molecule has 0 aliphatic rings. The van der Waals surface area contributed by atoms with Crippen molar-refractivity contribution in [3.05, 3.63) is 83.7 Å². The van der Waals surface area contributed by atoms with Crippen molar-refractivity contribution in [3.8, 4) is 6.07 Å². The fourth-order valence-corrected chi connectivity index (χ4v) is 2.91. The highest BCUT2D eigenvalue weighted by Crippen LogP contribution is 2.29. The number of hydrogen-bond acceptors (Lipinski definition) is 4. The van der Waals surface area contributed by atoms with E-state index in [1.807, 2.05) is 30.3 Å². The van der Waals surface area contributed by atoms with Crippen LogP contribution in [0.2, 0.25) is 0 Å². The van der Waals surface area contributed by atoms with Gasteiger partial charge < -0.3 is 10.6 Å². The molecular formula is C23H22N4O. The number of nitrogens with zero attached hydrogens (tertiary/aromatic N) is 2. The number of nitriles is 1. The maximum atomic E-state index is 12.8. The van der Waals surface area contributed by atoms with Crippen molar-refractivity contribution in [2.45, 2.75) is 26.2 Å². The van der Waals surface area contributed by atoms with Gasteiger partial charge in [0, 0.05) is 17.6 Å². The molecule has 0 spiro atoms. The van der Waals surface area contributed by atoms with Crippen molar-refractivity contribution in [3.63, 3.8) is 0 Å². The molecule has 1 amide bonds. The molecule has 0 unspecified atom stereocenters. The van der Waals surface area contributed by atoms with E-state index < -0.39 is 0 Å². The summed E-state index contributed by atoms with van der Waals surface area (Å²) in [6.45, 7) is 6.33. The van der Waals surface area contributed by atoms with Crippen LogP contribution in [0.1, 0.15) is 42.3 Å². The number of rotatable bonds is 4. The maximum Gasteiger partial charge on any atom is 0.257 e. The molecule has 0 aliphatic carbocycles. The summed E-state index contributed by atoms with van der Waals surface area (Å²) in [5.74, 6) is -0.223. The first-order valence-electron chi connectivity index (χ1n) is 9.00. The number of aromatic nitrogens is 1. The number of hydrogen-bond donors (Lipinski definition) is 2. The van der Waals surface area contributed by atoms with Crippen LogP contribution >= 0.6 is 0 Å². The van der Waals surface area contributed by atoms with Gasteiger partial charge in [0.1, 0.15) is 0 Å². The molecule has 0 bridgehead atoms. The molecule has 0 radical (unpaired) electrons. The summed E-state index contributed by atoms with van der Waals surface area (Å²) in [5, 5.41) is 15.2. The third-order valence-corrected chi connectivity index (χ3v) is 4.26. The lowest BCUT2D eigenvalue weighted by Crippen LogP contribution is -2.18. The number of pyridine rings is 1. The predicted octanol–water partition coefficient (Wildman–Crippen LogP) is 5.25. The third kappa shape index (κ3) is 4.54. The zero-order chi connectivity index (χ0) is 20.1. The molecule has 28 heavy (non-hydrogen) atoms. The summed E-state index contributed by atoms with van der Waals surface area (Å²) in [6.07, 6.45) is 3.17. The highest BCUT2D eigenvalue weighted by Gasteiger charge is 2.19. The Balaban J connectivity index is 1.81. The van der Waals surface area contributed by atoms with E-state index in [2.05, 4.69) is 42.5 Å². The Morgan fingerprint density at radius 1 is 1.00 bits per heavy atom. The average molecular weight is 370 g/mol. The predicted molar refractivity (Wildman–Crippen MR) is 112 cm³/mol. The lowest BCUT2D eigenvalue weighted by molar-refractivity contribution is 0.102. The number of benzene rings is 2. The molecule has 3 aromatic rings. The van der Waals surface area contributed by atoms with Crippen LogP contribution in [0.15, 0.2) is 67.0 Å². The molecular weight excluding hydrogens is 348 g/mol. The van der Waals surface area contributed by atoms with Gasteiger partial charge in [0.15, 0.2) is 0 Å². The van der Waals surface area contributed by atoms with Crippen molar-refractivity contribution in [1.29, 1.82) is 5.26 Å². The van der Waals surface area contributed by atoms with Crippen molar-refractivity contribution >= 4 is 23.0 Å². The van der Waals surface area contributed by atoms with Crippen LogP contribution in [0.3, 0.4) is 0 Å². The highest BCUT2D eigenvalue weighted by molar-refractivity contribution is 6.05. The first-order valence-corrected chi connectivity index (χ1v) is 9.00. The van der Waals surface area contributed by atoms with Crippen molar-refractivity contribution < 1.29 is 4.79 Å². The van der Waals surface area contributed by atoms with Crippen LogP contribution < -0.4 is 10.6 Å². The number of para-hydroxylation sites is 1. The fraction of sp³-hybridized carbons (Fsp3) is 0.174. The van der Waals surface area contributed by atoms with Gasteiger partial charge in [-0.3, -0.25) is 9.78 Å². The Hall–Kier alpha value is -3.65. The fourth-order valence-electron chi connectivity index (χ4n) is 2.91. The zero-order valence-corrected chi connectivity index (χ0v) is 16.2. The molecule has 0 fully saturated rings. The summed E-state index contributed by atoms with van der Waals surface area (Å²) in [7, 11) is 0. The summed E-state index contributed by atoms with van der Waals surface area (Å²) in [5.41, 5.74) is 4.22. The number of anilines is 3. The molecule has 0 aliphatic heterocycles. The molecule has 0 saturated heterocycles. The van der Waals surface area contributed by atoms with Gasteiger partial charge in [0.05, 0.1) is 29.1 Å². The quantitative estimate of drug-likeness (QED) is 0.658. The standard InChI is InChI=1S/C23H22N4O/c1-23(2,3)20-9-4-5-10-21(20)27-22(28)17-12-19(15-25-14-17)26-18-8-6-7-16(11-18)13-24/h4-12,14-15,26H,1-3H3,(H,27,28). The molecule has 0 saturated carbocycles. The summed E-state index contributed by atoms with van der Waals surface area (Å²) < 4.78 is 0. The molecule has 5 nitrogen and oxygen atoms in total. The van der Waals surface area contributed by atoms with Crippen LogP contribution in [-0.2, 0) is 5.41 Å². The Labute approximate surface area is 165 Å². The Kier molecular flexibility index (Phi) is 5.42. The lowest BCUT2D eigenvalue weighted by Gasteiger charge is -2.23. The van der Waals surface area contributed by atoms with Crippen LogP contribution in [0, 0.1) is 11.3 Å². The van der Waals surface area contributed by atoms with Crippen LogP contribution in [0.25, 0.3) is 0 Å². The van der Waals surface area contributed by atoms with Crippen LogP contribution in [0.5, 0.6) is 0 Å². The van der Waals surface area contributed by atoms with E-state index >= 15 is 0 Å². The van der Waals surface area contributed by atoms with Gasteiger partial charge in [-0.05, 0) is 41.3 Å². The minimum atomic E-state index is -0.223. The monoisotopic (exact) mass is 370 g/mol. The Bertz CT molecular complexity index is 1040. The minimum absolute atomic E-state index is 0.0860. The van der Waals surface area contributed by atoms with Crippen LogP contribution in [-0.4, -0.2) is 10.9 Å². The Morgan fingerprint density at radius 3 is 2.54 bits per heavy atom. The first-order chi connectivity index (χ1) is 13.4. The van der Waals surface area contributed by atoms with E-state index in [0.29, 0.717) is 16.8 Å². The molecule has 2 N–H and O–H groups in total. The van der Waals surface area contributed by atoms with Gasteiger partial charge in [0.25, 0.3) is 5.91 Å². The van der Waals surface area contributed by atoms with Gasteiger partial charge in [-0.25, -0.2) is 0 Å². The van der Waals surface area contributed by atoms with Crippen molar-refractivity contribution in [1.82, 2.24) is 4.98 Å². The van der Waals surface area contributed by atoms with E-state index in [9.17, 15) is 4.79 Å². The van der Waals surface area contributed by atoms with Crippen LogP contribution in [0.4, 0.5) is 17.1 Å². The molecule has 1 aromatic heterocycles. The van der Waals surface area contributed by atoms with E-state index in [1.54, 1.807) is 30.5 Å². The second kappa shape index (κ2) is 7.93. The van der Waals surface area contributed by atoms with Gasteiger partial charge in [-0.15, -0.1) is 0 Å². The second-order valence-corrected chi connectivity index (χ2v) is 7.53. The molecule has 140 valence electrons. The molecule has 2 aromatic carbocycles. The van der Waals surface area contributed by atoms with E-state index in [0.717, 1.165) is 16.9 Å². The number of carbonyl (C=O) groups is 1. The Morgan fingerprint density at radius 2 is 1.79 bits per heavy atom. The van der Waals surface area contributed by atoms with Gasteiger partial charge in [0.2, 0.25) is 0 Å². The SMILES string of the molecule is CC(C)(C)c1ccccc1NC(=O)c1cncc(Nc2cccc(C#N)c2)c1. The normalized spacial score (nSPS) is 10.8.